The Balaban J connectivity index is 0.00000144. The van der Waals surface area contributed by atoms with Crippen molar-refractivity contribution >= 4 is 42.1 Å². The summed E-state index contributed by atoms with van der Waals surface area (Å²) in [7, 11) is 0. The van der Waals surface area contributed by atoms with Gasteiger partial charge in [-0.05, 0) is 32.0 Å². The molecular weight excluding hydrogens is 373 g/mol. The van der Waals surface area contributed by atoms with Crippen LogP contribution in [0.4, 0.5) is 0 Å². The number of hydrogen-bond acceptors (Lipinski definition) is 6. The summed E-state index contributed by atoms with van der Waals surface area (Å²) in [5, 5.41) is 5.28. The van der Waals surface area contributed by atoms with Gasteiger partial charge in [-0.25, -0.2) is 4.98 Å². The molecule has 132 valence electrons. The van der Waals surface area contributed by atoms with Crippen molar-refractivity contribution in [1.29, 1.82) is 0 Å². The van der Waals surface area contributed by atoms with Gasteiger partial charge in [0.1, 0.15) is 10.7 Å². The van der Waals surface area contributed by atoms with Gasteiger partial charge in [-0.15, -0.1) is 36.2 Å². The molecule has 3 N–H and O–H groups in total. The molecule has 0 atom stereocenters. The molecule has 0 radical (unpaired) electrons. The highest BCUT2D eigenvalue weighted by Gasteiger charge is 2.18. The van der Waals surface area contributed by atoms with Crippen molar-refractivity contribution in [1.82, 2.24) is 10.3 Å². The van der Waals surface area contributed by atoms with Crippen LogP contribution in [0.2, 0.25) is 0 Å². The monoisotopic (exact) mass is 391 g/mol. The number of carbonyl (C=O) groups is 1. The number of halogens is 2. The summed E-state index contributed by atoms with van der Waals surface area (Å²) in [6.45, 7) is 4.33. The number of rotatable bonds is 4. The van der Waals surface area contributed by atoms with E-state index in [1.54, 1.807) is 5.38 Å². The Morgan fingerprint density at radius 2 is 2.04 bits per heavy atom. The van der Waals surface area contributed by atoms with Crippen molar-refractivity contribution in [2.45, 2.75) is 19.4 Å². The minimum atomic E-state index is -0.453. The number of ether oxygens (including phenoxy) is 2. The van der Waals surface area contributed by atoms with Crippen LogP contribution >= 0.6 is 36.2 Å². The number of nitrogens with zero attached hydrogens (tertiary/aromatic N) is 1. The highest BCUT2D eigenvalue weighted by molar-refractivity contribution is 7.13. The molecule has 0 saturated heterocycles. The zero-order valence-electron chi connectivity index (χ0n) is 13.2. The van der Waals surface area contributed by atoms with Crippen LogP contribution in [0, 0.1) is 0 Å². The topological polar surface area (TPSA) is 86.5 Å². The van der Waals surface area contributed by atoms with E-state index in [1.165, 1.54) is 11.3 Å². The van der Waals surface area contributed by atoms with Gasteiger partial charge in [0.05, 0.1) is 0 Å². The summed E-state index contributed by atoms with van der Waals surface area (Å²) in [5.74, 6) is 1.20. The molecule has 0 fully saturated rings. The fraction of sp³-hybridized carbons (Fsp3) is 0.333. The van der Waals surface area contributed by atoms with Crippen molar-refractivity contribution in [3.8, 4) is 22.1 Å². The van der Waals surface area contributed by atoms with E-state index in [9.17, 15) is 4.79 Å². The second-order valence-corrected chi connectivity index (χ2v) is 6.64. The first kappa shape index (κ1) is 20.5. The second-order valence-electron chi connectivity index (χ2n) is 5.78. The van der Waals surface area contributed by atoms with Crippen LogP contribution in [0.3, 0.4) is 0 Å². The molecule has 0 aliphatic carbocycles. The largest absolute Gasteiger partial charge is 0.454 e. The van der Waals surface area contributed by atoms with E-state index in [0.29, 0.717) is 18.0 Å². The van der Waals surface area contributed by atoms with Gasteiger partial charge in [-0.1, -0.05) is 0 Å². The van der Waals surface area contributed by atoms with Crippen LogP contribution < -0.4 is 20.5 Å². The third-order valence-electron chi connectivity index (χ3n) is 3.06. The number of fused-ring (bicyclic) bond motifs is 1. The van der Waals surface area contributed by atoms with E-state index in [2.05, 4.69) is 10.3 Å². The van der Waals surface area contributed by atoms with E-state index in [-0.39, 0.29) is 37.5 Å². The SMILES string of the molecule is CC(C)(N)CNC(=O)c1csc(-c2ccc3c(c2)OCO3)n1.Cl.Cl. The summed E-state index contributed by atoms with van der Waals surface area (Å²) in [5.41, 5.74) is 6.69. The fourth-order valence-corrected chi connectivity index (χ4v) is 2.74. The molecule has 9 heteroatoms. The lowest BCUT2D eigenvalue weighted by Crippen LogP contribution is -2.45. The molecule has 0 spiro atoms. The molecule has 3 rings (SSSR count). The van der Waals surface area contributed by atoms with Gasteiger partial charge >= 0.3 is 0 Å². The van der Waals surface area contributed by atoms with Gasteiger partial charge in [-0.3, -0.25) is 4.79 Å². The van der Waals surface area contributed by atoms with Gasteiger partial charge in [0, 0.05) is 23.0 Å². The number of nitrogens with two attached hydrogens (primary N) is 1. The number of nitrogens with one attached hydrogen (secondary N) is 1. The van der Waals surface area contributed by atoms with Crippen molar-refractivity contribution in [3.63, 3.8) is 0 Å². The number of benzene rings is 1. The molecule has 0 unspecified atom stereocenters. The highest BCUT2D eigenvalue weighted by Crippen LogP contribution is 2.36. The van der Waals surface area contributed by atoms with Crippen LogP contribution in [0.25, 0.3) is 10.6 Å². The van der Waals surface area contributed by atoms with Crippen molar-refractivity contribution < 1.29 is 14.3 Å². The zero-order valence-corrected chi connectivity index (χ0v) is 15.6. The van der Waals surface area contributed by atoms with Crippen molar-refractivity contribution in [2.75, 3.05) is 13.3 Å². The van der Waals surface area contributed by atoms with Crippen LogP contribution in [0.15, 0.2) is 23.6 Å². The number of carbonyl (C=O) groups excluding carboxylic acids is 1. The van der Waals surface area contributed by atoms with Crippen molar-refractivity contribution in [3.05, 3.63) is 29.3 Å². The molecule has 2 aromatic rings. The average Bonchev–Trinajstić information content (AvgIpc) is 3.11. The molecule has 1 aromatic heterocycles. The summed E-state index contributed by atoms with van der Waals surface area (Å²) in [6.07, 6.45) is 0. The van der Waals surface area contributed by atoms with E-state index in [1.807, 2.05) is 32.0 Å². The van der Waals surface area contributed by atoms with Gasteiger partial charge in [0.15, 0.2) is 11.5 Å². The molecule has 24 heavy (non-hydrogen) atoms. The molecule has 0 bridgehead atoms. The maximum absolute atomic E-state index is 12.1. The Morgan fingerprint density at radius 1 is 1.33 bits per heavy atom. The van der Waals surface area contributed by atoms with E-state index < -0.39 is 5.54 Å². The molecule has 0 saturated carbocycles. The van der Waals surface area contributed by atoms with Gasteiger partial charge < -0.3 is 20.5 Å². The number of amides is 1. The standard InChI is InChI=1S/C15H17N3O3S.2ClH/c1-15(2,16)7-17-13(19)10-6-22-14(18-10)9-3-4-11-12(5-9)21-8-20-11;;/h3-6H,7-8,16H2,1-2H3,(H,17,19);2*1H. The minimum absolute atomic E-state index is 0. The normalized spacial score (nSPS) is 12.1. The highest BCUT2D eigenvalue weighted by atomic mass is 35.5. The quantitative estimate of drug-likeness (QED) is 0.836. The summed E-state index contributed by atoms with van der Waals surface area (Å²) in [6, 6.07) is 5.61. The van der Waals surface area contributed by atoms with Crippen LogP contribution in [-0.4, -0.2) is 29.8 Å². The predicted molar refractivity (Wildman–Crippen MR) is 98.8 cm³/mol. The molecule has 2 heterocycles. The van der Waals surface area contributed by atoms with E-state index in [4.69, 9.17) is 15.2 Å². The van der Waals surface area contributed by atoms with Gasteiger partial charge in [-0.2, -0.15) is 0 Å². The lowest BCUT2D eigenvalue weighted by Gasteiger charge is -2.18. The summed E-state index contributed by atoms with van der Waals surface area (Å²) >= 11 is 1.41. The second kappa shape index (κ2) is 8.02. The average molecular weight is 392 g/mol. The summed E-state index contributed by atoms with van der Waals surface area (Å²) < 4.78 is 10.6. The zero-order chi connectivity index (χ0) is 15.7. The maximum atomic E-state index is 12.1. The Kier molecular flexibility index (Phi) is 6.86. The van der Waals surface area contributed by atoms with Gasteiger partial charge in [0.2, 0.25) is 6.79 Å². The van der Waals surface area contributed by atoms with Gasteiger partial charge in [0.25, 0.3) is 5.91 Å². The fourth-order valence-electron chi connectivity index (χ4n) is 1.94. The van der Waals surface area contributed by atoms with E-state index >= 15 is 0 Å². The first-order valence-corrected chi connectivity index (χ1v) is 7.73. The van der Waals surface area contributed by atoms with E-state index in [0.717, 1.165) is 16.3 Å². The van der Waals surface area contributed by atoms with Crippen LogP contribution in [0.5, 0.6) is 11.5 Å². The smallest absolute Gasteiger partial charge is 0.270 e. The number of thiazole rings is 1. The molecule has 1 aliphatic rings. The van der Waals surface area contributed by atoms with Crippen molar-refractivity contribution in [2.24, 2.45) is 5.73 Å². The molecule has 6 nitrogen and oxygen atoms in total. The number of aromatic nitrogens is 1. The Hall–Kier alpha value is -1.54. The third kappa shape index (κ3) is 4.73. The first-order valence-electron chi connectivity index (χ1n) is 6.85. The minimum Gasteiger partial charge on any atom is -0.454 e. The molecule has 1 aliphatic heterocycles. The Labute approximate surface area is 156 Å². The number of hydrogen-bond donors (Lipinski definition) is 2. The van der Waals surface area contributed by atoms with Crippen LogP contribution in [0.1, 0.15) is 24.3 Å². The Morgan fingerprint density at radius 3 is 2.75 bits per heavy atom. The Bertz CT molecular complexity index is 716. The lowest BCUT2D eigenvalue weighted by molar-refractivity contribution is 0.0942. The molecular formula is C15H19Cl2N3O3S. The lowest BCUT2D eigenvalue weighted by atomic mass is 10.1. The maximum Gasteiger partial charge on any atom is 0.270 e. The summed E-state index contributed by atoms with van der Waals surface area (Å²) in [4.78, 5) is 16.4. The third-order valence-corrected chi connectivity index (χ3v) is 3.95. The van der Waals surface area contributed by atoms with Crippen LogP contribution in [-0.2, 0) is 0 Å². The predicted octanol–water partition coefficient (Wildman–Crippen LogP) is 2.85. The molecule has 1 aromatic carbocycles. The first-order chi connectivity index (χ1) is 10.4. The molecule has 1 amide bonds.